The van der Waals surface area contributed by atoms with Gasteiger partial charge < -0.3 is 19.6 Å². The Morgan fingerprint density at radius 2 is 2.11 bits per heavy atom. The number of nitrogens with one attached hydrogen (secondary N) is 1. The van der Waals surface area contributed by atoms with Gasteiger partial charge in [-0.2, -0.15) is 0 Å². The van der Waals surface area contributed by atoms with Gasteiger partial charge in [-0.05, 0) is 18.4 Å². The van der Waals surface area contributed by atoms with Gasteiger partial charge in [-0.1, -0.05) is 30.3 Å². The molecule has 1 N–H and O–H groups in total. The van der Waals surface area contributed by atoms with Crippen molar-refractivity contribution < 1.29 is 28.7 Å². The van der Waals surface area contributed by atoms with E-state index in [-0.39, 0.29) is 38.7 Å². The van der Waals surface area contributed by atoms with Gasteiger partial charge in [0.15, 0.2) is 0 Å². The van der Waals surface area contributed by atoms with Crippen LogP contribution in [0.15, 0.2) is 30.3 Å². The molecule has 148 valence electrons. The number of rotatable bonds is 10. The van der Waals surface area contributed by atoms with Crippen molar-refractivity contribution >= 4 is 24.1 Å². The number of hydrogen-bond acceptors (Lipinski definition) is 6. The van der Waals surface area contributed by atoms with Gasteiger partial charge in [0.2, 0.25) is 5.60 Å². The zero-order valence-electron chi connectivity index (χ0n) is 15.5. The summed E-state index contributed by atoms with van der Waals surface area (Å²) in [6.07, 6.45) is 7.10. The van der Waals surface area contributed by atoms with Crippen LogP contribution in [0.25, 0.3) is 0 Å². The maximum absolute atomic E-state index is 12.8. The first-order chi connectivity index (χ1) is 13.5. The highest BCUT2D eigenvalue weighted by molar-refractivity contribution is 5.93. The van der Waals surface area contributed by atoms with Gasteiger partial charge >= 0.3 is 11.9 Å². The summed E-state index contributed by atoms with van der Waals surface area (Å²) in [6, 6.07) is 8.15. The second-order valence-corrected chi connectivity index (χ2v) is 6.57. The average molecular weight is 385 g/mol. The molecule has 2 atom stereocenters. The van der Waals surface area contributed by atoms with E-state index >= 15 is 0 Å². The first kappa shape index (κ1) is 21.2. The molecule has 1 amide bonds. The summed E-state index contributed by atoms with van der Waals surface area (Å²) in [5.41, 5.74) is -0.656. The molecular formula is C21H23NO6. The fraction of sp³-hybridized carbons (Fsp3) is 0.429. The fourth-order valence-corrected chi connectivity index (χ4v) is 2.93. The van der Waals surface area contributed by atoms with Crippen molar-refractivity contribution in [1.82, 2.24) is 5.32 Å². The standard InChI is InChI=1S/C21H23NO6/c1-2-12-21(13-11-18(24)28-21)20(26)22-17(10-6-7-14-23)19(25)27-15-16-8-4-3-5-9-16/h1,3-5,8-9,14,17H,6-7,10-13,15H2,(H,22,26)/t17-,21?/m0/s1. The fourth-order valence-electron chi connectivity index (χ4n) is 2.93. The van der Waals surface area contributed by atoms with Gasteiger partial charge in [0.1, 0.15) is 18.9 Å². The average Bonchev–Trinajstić information content (AvgIpc) is 3.08. The molecule has 0 spiro atoms. The molecular weight excluding hydrogens is 362 g/mol. The lowest BCUT2D eigenvalue weighted by Gasteiger charge is -2.27. The van der Waals surface area contributed by atoms with Crippen molar-refractivity contribution in [2.24, 2.45) is 0 Å². The third-order valence-electron chi connectivity index (χ3n) is 4.47. The van der Waals surface area contributed by atoms with E-state index in [1.54, 1.807) is 0 Å². The number of benzene rings is 1. The number of unbranched alkanes of at least 4 members (excludes halogenated alkanes) is 1. The molecule has 1 saturated heterocycles. The summed E-state index contributed by atoms with van der Waals surface area (Å²) in [5, 5.41) is 2.60. The number of hydrogen-bond donors (Lipinski definition) is 1. The Bertz CT molecular complexity index is 754. The normalized spacial score (nSPS) is 19.2. The molecule has 1 aliphatic heterocycles. The molecule has 1 aliphatic rings. The Labute approximate surface area is 163 Å². The SMILES string of the molecule is C#CCC1(C(=O)N[C@@H](CCCC=O)C(=O)OCc2ccccc2)CCC(=O)O1. The molecule has 0 radical (unpaired) electrons. The molecule has 28 heavy (non-hydrogen) atoms. The molecule has 0 aliphatic carbocycles. The first-order valence-electron chi connectivity index (χ1n) is 9.11. The molecule has 7 heteroatoms. The summed E-state index contributed by atoms with van der Waals surface area (Å²) in [6.45, 7) is 0.0597. The zero-order valence-corrected chi connectivity index (χ0v) is 15.5. The van der Waals surface area contributed by atoms with Crippen LogP contribution in [0, 0.1) is 12.3 Å². The highest BCUT2D eigenvalue weighted by atomic mass is 16.6. The first-order valence-corrected chi connectivity index (χ1v) is 9.11. The van der Waals surface area contributed by atoms with Gasteiger partial charge in [0.05, 0.1) is 6.42 Å². The van der Waals surface area contributed by atoms with E-state index in [4.69, 9.17) is 15.9 Å². The monoisotopic (exact) mass is 385 g/mol. The van der Waals surface area contributed by atoms with Crippen LogP contribution in [0.2, 0.25) is 0 Å². The molecule has 1 fully saturated rings. The highest BCUT2D eigenvalue weighted by Gasteiger charge is 2.47. The number of terminal acetylenes is 1. The second-order valence-electron chi connectivity index (χ2n) is 6.57. The molecule has 1 unspecified atom stereocenters. The molecule has 1 heterocycles. The second kappa shape index (κ2) is 10.3. The predicted octanol–water partition coefficient (Wildman–Crippen LogP) is 1.68. The number of ether oxygens (including phenoxy) is 2. The largest absolute Gasteiger partial charge is 0.459 e. The third kappa shape index (κ3) is 5.68. The van der Waals surface area contributed by atoms with Crippen LogP contribution in [0.4, 0.5) is 0 Å². The summed E-state index contributed by atoms with van der Waals surface area (Å²) in [7, 11) is 0. The number of carbonyl (C=O) groups is 4. The lowest BCUT2D eigenvalue weighted by molar-refractivity contribution is -0.160. The maximum Gasteiger partial charge on any atom is 0.328 e. The Hall–Kier alpha value is -3.14. The van der Waals surface area contributed by atoms with Crippen LogP contribution >= 0.6 is 0 Å². The topological polar surface area (TPSA) is 98.8 Å². The smallest absolute Gasteiger partial charge is 0.328 e. The van der Waals surface area contributed by atoms with Crippen molar-refractivity contribution in [3.63, 3.8) is 0 Å². The maximum atomic E-state index is 12.8. The molecule has 0 saturated carbocycles. The quantitative estimate of drug-likeness (QED) is 0.285. The minimum absolute atomic E-state index is 0.0597. The number of amides is 1. The van der Waals surface area contributed by atoms with Gasteiger partial charge in [0.25, 0.3) is 5.91 Å². The van der Waals surface area contributed by atoms with Gasteiger partial charge in [-0.25, -0.2) is 4.79 Å². The van der Waals surface area contributed by atoms with Crippen molar-refractivity contribution in [3.8, 4) is 12.3 Å². The van der Waals surface area contributed by atoms with Gasteiger partial charge in [-0.15, -0.1) is 12.3 Å². The Kier molecular flexibility index (Phi) is 7.76. The van der Waals surface area contributed by atoms with E-state index < -0.39 is 29.5 Å². The molecule has 7 nitrogen and oxygen atoms in total. The van der Waals surface area contributed by atoms with E-state index in [9.17, 15) is 19.2 Å². The molecule has 0 bridgehead atoms. The van der Waals surface area contributed by atoms with Crippen LogP contribution in [-0.2, 0) is 35.3 Å². The number of carbonyl (C=O) groups excluding carboxylic acids is 4. The van der Waals surface area contributed by atoms with E-state index in [0.29, 0.717) is 6.42 Å². The van der Waals surface area contributed by atoms with Crippen LogP contribution in [0.3, 0.4) is 0 Å². The van der Waals surface area contributed by atoms with Crippen molar-refractivity contribution in [2.75, 3.05) is 0 Å². The van der Waals surface area contributed by atoms with Crippen molar-refractivity contribution in [1.29, 1.82) is 0 Å². The Morgan fingerprint density at radius 3 is 2.71 bits per heavy atom. The lowest BCUT2D eigenvalue weighted by atomic mass is 9.94. The van der Waals surface area contributed by atoms with Crippen LogP contribution in [0.1, 0.15) is 44.1 Å². The third-order valence-corrected chi connectivity index (χ3v) is 4.47. The number of esters is 2. The lowest BCUT2D eigenvalue weighted by Crippen LogP contribution is -2.52. The number of cyclic esters (lactones) is 1. The van der Waals surface area contributed by atoms with E-state index in [2.05, 4.69) is 11.2 Å². The highest BCUT2D eigenvalue weighted by Crippen LogP contribution is 2.30. The van der Waals surface area contributed by atoms with E-state index in [1.807, 2.05) is 30.3 Å². The summed E-state index contributed by atoms with van der Waals surface area (Å²) in [4.78, 5) is 47.4. The minimum Gasteiger partial charge on any atom is -0.459 e. The molecule has 1 aromatic carbocycles. The van der Waals surface area contributed by atoms with Crippen LogP contribution < -0.4 is 5.32 Å². The zero-order chi connectivity index (χ0) is 20.4. The molecule has 0 aromatic heterocycles. The van der Waals surface area contributed by atoms with E-state index in [0.717, 1.165) is 11.8 Å². The summed E-state index contributed by atoms with van der Waals surface area (Å²) in [5.74, 6) is 0.605. The van der Waals surface area contributed by atoms with E-state index in [1.165, 1.54) is 0 Å². The predicted molar refractivity (Wildman–Crippen MR) is 99.6 cm³/mol. The van der Waals surface area contributed by atoms with Gasteiger partial charge in [-0.3, -0.25) is 9.59 Å². The summed E-state index contributed by atoms with van der Waals surface area (Å²) < 4.78 is 10.5. The number of aldehydes is 1. The Balaban J connectivity index is 2.05. The van der Waals surface area contributed by atoms with Crippen LogP contribution in [0.5, 0.6) is 0 Å². The van der Waals surface area contributed by atoms with Crippen molar-refractivity contribution in [2.45, 2.75) is 56.8 Å². The molecule has 1 aromatic rings. The minimum atomic E-state index is -1.46. The molecule has 2 rings (SSSR count). The summed E-state index contributed by atoms with van der Waals surface area (Å²) >= 11 is 0. The van der Waals surface area contributed by atoms with Crippen molar-refractivity contribution in [3.05, 3.63) is 35.9 Å². The van der Waals surface area contributed by atoms with Gasteiger partial charge in [0, 0.05) is 19.3 Å². The van der Waals surface area contributed by atoms with Crippen LogP contribution in [-0.4, -0.2) is 35.8 Å². The Morgan fingerprint density at radius 1 is 1.36 bits per heavy atom.